The summed E-state index contributed by atoms with van der Waals surface area (Å²) in [5.74, 6) is 1.50. The molecule has 0 radical (unpaired) electrons. The first kappa shape index (κ1) is 12.7. The van der Waals surface area contributed by atoms with E-state index in [1.165, 1.54) is 12.0 Å². The topological polar surface area (TPSA) is 34.1 Å². The molecule has 1 fully saturated rings. The first-order valence-electron chi connectivity index (χ1n) is 7.09. The molecule has 4 heteroatoms. The van der Waals surface area contributed by atoms with Crippen LogP contribution in [0.4, 0.5) is 5.13 Å². The van der Waals surface area contributed by atoms with Crippen molar-refractivity contribution in [2.75, 3.05) is 12.4 Å². The number of fused-ring (bicyclic) bond motifs is 1. The standard InChI is InChI=1S/C17H16N2OS/c1-20-12-7-8-14-16(9-12)21-17(18-14)19-15-10-13(15)11-5-3-2-4-6-11/h2-9,13,15H,10H2,1H3,(H,18,19). The van der Waals surface area contributed by atoms with E-state index in [2.05, 4.69) is 40.6 Å². The van der Waals surface area contributed by atoms with Crippen molar-refractivity contribution in [2.45, 2.75) is 18.4 Å². The van der Waals surface area contributed by atoms with Crippen LogP contribution in [0, 0.1) is 0 Å². The van der Waals surface area contributed by atoms with E-state index in [0.29, 0.717) is 12.0 Å². The summed E-state index contributed by atoms with van der Waals surface area (Å²) in [7, 11) is 1.69. The highest BCUT2D eigenvalue weighted by molar-refractivity contribution is 7.22. The van der Waals surface area contributed by atoms with Crippen molar-refractivity contribution >= 4 is 26.7 Å². The van der Waals surface area contributed by atoms with Crippen molar-refractivity contribution in [3.05, 3.63) is 54.1 Å². The van der Waals surface area contributed by atoms with Crippen molar-refractivity contribution < 1.29 is 4.74 Å². The number of thiazole rings is 1. The molecule has 0 bridgehead atoms. The molecule has 0 spiro atoms. The Kier molecular flexibility index (Phi) is 3.04. The second-order valence-corrected chi connectivity index (χ2v) is 6.39. The molecular formula is C17H16N2OS. The number of nitrogens with zero attached hydrogens (tertiary/aromatic N) is 1. The maximum atomic E-state index is 5.26. The molecule has 0 amide bonds. The molecular weight excluding hydrogens is 280 g/mol. The number of rotatable bonds is 4. The third-order valence-corrected chi connectivity index (χ3v) is 4.87. The summed E-state index contributed by atoms with van der Waals surface area (Å²) >= 11 is 1.69. The second kappa shape index (κ2) is 5.04. The van der Waals surface area contributed by atoms with E-state index in [-0.39, 0.29) is 0 Å². The minimum atomic E-state index is 0.509. The maximum absolute atomic E-state index is 5.26. The number of anilines is 1. The molecule has 21 heavy (non-hydrogen) atoms. The van der Waals surface area contributed by atoms with Gasteiger partial charge in [0.2, 0.25) is 0 Å². The lowest BCUT2D eigenvalue weighted by atomic mass is 10.1. The SMILES string of the molecule is COc1ccc2nc(NC3CC3c3ccccc3)sc2c1. The fourth-order valence-corrected chi connectivity index (χ4v) is 3.63. The van der Waals surface area contributed by atoms with Crippen LogP contribution < -0.4 is 10.1 Å². The maximum Gasteiger partial charge on any atom is 0.184 e. The Labute approximate surface area is 127 Å². The van der Waals surface area contributed by atoms with Gasteiger partial charge in [-0.05, 0) is 30.2 Å². The van der Waals surface area contributed by atoms with Crippen LogP contribution in [0.1, 0.15) is 17.9 Å². The minimum Gasteiger partial charge on any atom is -0.497 e. The summed E-state index contributed by atoms with van der Waals surface area (Å²) in [5.41, 5.74) is 2.44. The Hall–Kier alpha value is -2.07. The predicted molar refractivity (Wildman–Crippen MR) is 87.4 cm³/mol. The summed E-state index contributed by atoms with van der Waals surface area (Å²) in [4.78, 5) is 4.65. The van der Waals surface area contributed by atoms with Crippen LogP contribution in [0.3, 0.4) is 0 Å². The zero-order valence-electron chi connectivity index (χ0n) is 11.7. The normalized spacial score (nSPS) is 20.4. The van der Waals surface area contributed by atoms with Crippen LogP contribution in [0.15, 0.2) is 48.5 Å². The van der Waals surface area contributed by atoms with Crippen LogP contribution in [0.2, 0.25) is 0 Å². The summed E-state index contributed by atoms with van der Waals surface area (Å²) < 4.78 is 6.42. The lowest BCUT2D eigenvalue weighted by Gasteiger charge is -2.01. The van der Waals surface area contributed by atoms with Crippen LogP contribution in [-0.4, -0.2) is 18.1 Å². The number of methoxy groups -OCH3 is 1. The molecule has 0 saturated heterocycles. The summed E-state index contributed by atoms with van der Waals surface area (Å²) in [6.07, 6.45) is 1.18. The Bertz CT molecular complexity index is 769. The monoisotopic (exact) mass is 296 g/mol. The second-order valence-electron chi connectivity index (χ2n) is 5.36. The number of aromatic nitrogens is 1. The third kappa shape index (κ3) is 2.47. The number of ether oxygens (including phenoxy) is 1. The van der Waals surface area contributed by atoms with Crippen molar-refractivity contribution in [3.8, 4) is 5.75 Å². The average molecular weight is 296 g/mol. The lowest BCUT2D eigenvalue weighted by molar-refractivity contribution is 0.415. The highest BCUT2D eigenvalue weighted by Crippen LogP contribution is 2.43. The highest BCUT2D eigenvalue weighted by Gasteiger charge is 2.38. The van der Waals surface area contributed by atoms with Crippen molar-refractivity contribution in [1.29, 1.82) is 0 Å². The van der Waals surface area contributed by atoms with E-state index < -0.39 is 0 Å². The number of hydrogen-bond donors (Lipinski definition) is 1. The fourth-order valence-electron chi connectivity index (χ4n) is 2.68. The van der Waals surface area contributed by atoms with Gasteiger partial charge in [0.05, 0.1) is 17.3 Å². The Balaban J connectivity index is 1.51. The first-order chi connectivity index (χ1) is 10.3. The largest absolute Gasteiger partial charge is 0.497 e. The first-order valence-corrected chi connectivity index (χ1v) is 7.91. The Morgan fingerprint density at radius 1 is 1.19 bits per heavy atom. The quantitative estimate of drug-likeness (QED) is 0.780. The van der Waals surface area contributed by atoms with E-state index in [1.54, 1.807) is 18.4 Å². The van der Waals surface area contributed by atoms with Gasteiger partial charge in [0.15, 0.2) is 5.13 Å². The van der Waals surface area contributed by atoms with Gasteiger partial charge in [-0.1, -0.05) is 41.7 Å². The summed E-state index contributed by atoms with van der Waals surface area (Å²) in [6, 6.07) is 17.2. The van der Waals surface area contributed by atoms with Gasteiger partial charge in [-0.25, -0.2) is 4.98 Å². The van der Waals surface area contributed by atoms with Gasteiger partial charge in [0.1, 0.15) is 5.75 Å². The van der Waals surface area contributed by atoms with E-state index >= 15 is 0 Å². The van der Waals surface area contributed by atoms with E-state index in [4.69, 9.17) is 4.74 Å². The number of hydrogen-bond acceptors (Lipinski definition) is 4. The molecule has 1 aliphatic rings. The van der Waals surface area contributed by atoms with Gasteiger partial charge >= 0.3 is 0 Å². The molecule has 1 heterocycles. The van der Waals surface area contributed by atoms with Crippen molar-refractivity contribution in [3.63, 3.8) is 0 Å². The molecule has 2 unspecified atom stereocenters. The Morgan fingerprint density at radius 2 is 2.05 bits per heavy atom. The van der Waals surface area contributed by atoms with E-state index in [0.717, 1.165) is 21.1 Å². The molecule has 1 aromatic heterocycles. The number of benzene rings is 2. The fraction of sp³-hybridized carbons (Fsp3) is 0.235. The Morgan fingerprint density at radius 3 is 2.86 bits per heavy atom. The van der Waals surface area contributed by atoms with Gasteiger partial charge in [-0.15, -0.1) is 0 Å². The molecule has 3 nitrogen and oxygen atoms in total. The van der Waals surface area contributed by atoms with Crippen LogP contribution in [-0.2, 0) is 0 Å². The van der Waals surface area contributed by atoms with Crippen LogP contribution in [0.5, 0.6) is 5.75 Å². The van der Waals surface area contributed by atoms with Crippen LogP contribution >= 0.6 is 11.3 Å². The molecule has 3 aromatic rings. The summed E-state index contributed by atoms with van der Waals surface area (Å²) in [5, 5.41) is 4.56. The zero-order valence-corrected chi connectivity index (χ0v) is 12.6. The molecule has 4 rings (SSSR count). The van der Waals surface area contributed by atoms with Crippen molar-refractivity contribution in [2.24, 2.45) is 0 Å². The van der Waals surface area contributed by atoms with Gasteiger partial charge < -0.3 is 10.1 Å². The van der Waals surface area contributed by atoms with Gasteiger partial charge in [-0.3, -0.25) is 0 Å². The molecule has 2 atom stereocenters. The highest BCUT2D eigenvalue weighted by atomic mass is 32.1. The van der Waals surface area contributed by atoms with E-state index in [9.17, 15) is 0 Å². The lowest BCUT2D eigenvalue weighted by Crippen LogP contribution is -2.03. The van der Waals surface area contributed by atoms with Crippen molar-refractivity contribution in [1.82, 2.24) is 4.98 Å². The minimum absolute atomic E-state index is 0.509. The van der Waals surface area contributed by atoms with Gasteiger partial charge in [0, 0.05) is 12.0 Å². The molecule has 1 aliphatic carbocycles. The number of nitrogens with one attached hydrogen (secondary N) is 1. The predicted octanol–water partition coefficient (Wildman–Crippen LogP) is 4.27. The van der Waals surface area contributed by atoms with Crippen LogP contribution in [0.25, 0.3) is 10.2 Å². The smallest absolute Gasteiger partial charge is 0.184 e. The average Bonchev–Trinajstić information content (AvgIpc) is 3.17. The van der Waals surface area contributed by atoms with Gasteiger partial charge in [0.25, 0.3) is 0 Å². The molecule has 1 N–H and O–H groups in total. The molecule has 1 saturated carbocycles. The molecule has 2 aromatic carbocycles. The molecule has 106 valence electrons. The zero-order chi connectivity index (χ0) is 14.2. The van der Waals surface area contributed by atoms with E-state index in [1.807, 2.05) is 18.2 Å². The third-order valence-electron chi connectivity index (χ3n) is 3.92. The molecule has 0 aliphatic heterocycles. The summed E-state index contributed by atoms with van der Waals surface area (Å²) in [6.45, 7) is 0. The van der Waals surface area contributed by atoms with Gasteiger partial charge in [-0.2, -0.15) is 0 Å².